The van der Waals surface area contributed by atoms with Gasteiger partial charge in [0.15, 0.2) is 5.75 Å². The summed E-state index contributed by atoms with van der Waals surface area (Å²) in [6, 6.07) is 5.33. The highest BCUT2D eigenvalue weighted by Gasteiger charge is 2.21. The van der Waals surface area contributed by atoms with Crippen LogP contribution in [0, 0.1) is 0 Å². The van der Waals surface area contributed by atoms with Crippen LogP contribution in [-0.2, 0) is 4.74 Å². The van der Waals surface area contributed by atoms with Crippen molar-refractivity contribution in [2.45, 2.75) is 26.7 Å². The lowest BCUT2D eigenvalue weighted by Gasteiger charge is -2.15. The Morgan fingerprint density at radius 1 is 1.31 bits per heavy atom. The fraction of sp³-hybridized carbons (Fsp3) is 0.316. The largest absolute Gasteiger partial charge is 0.494 e. The van der Waals surface area contributed by atoms with E-state index in [4.69, 9.17) is 25.5 Å². The van der Waals surface area contributed by atoms with Crippen LogP contribution >= 0.6 is 11.6 Å². The SMILES string of the molecule is CCOC(=O)c1cnc(Cl)nc1Nc1cccc(-c2nnc(C(C)C)o2)c1OC. The molecule has 0 amide bonds. The number of benzene rings is 1. The van der Waals surface area contributed by atoms with Crippen LogP contribution in [0.2, 0.25) is 5.28 Å². The quantitative estimate of drug-likeness (QED) is 0.445. The number of rotatable bonds is 7. The molecule has 1 aromatic carbocycles. The third-order valence-electron chi connectivity index (χ3n) is 3.89. The van der Waals surface area contributed by atoms with Gasteiger partial charge in [-0.25, -0.2) is 9.78 Å². The number of nitrogens with zero attached hydrogens (tertiary/aromatic N) is 4. The lowest BCUT2D eigenvalue weighted by molar-refractivity contribution is 0.0526. The first-order valence-corrected chi connectivity index (χ1v) is 9.29. The van der Waals surface area contributed by atoms with Crippen molar-refractivity contribution in [1.82, 2.24) is 20.2 Å². The summed E-state index contributed by atoms with van der Waals surface area (Å²) in [4.78, 5) is 20.2. The Bertz CT molecular complexity index is 1020. The number of hydrogen-bond donors (Lipinski definition) is 1. The van der Waals surface area contributed by atoms with Crippen molar-refractivity contribution in [2.24, 2.45) is 0 Å². The molecule has 2 heterocycles. The maximum atomic E-state index is 12.2. The normalized spacial score (nSPS) is 10.8. The lowest BCUT2D eigenvalue weighted by atomic mass is 10.1. The van der Waals surface area contributed by atoms with Gasteiger partial charge in [0.2, 0.25) is 11.2 Å². The number of esters is 1. The second-order valence-electron chi connectivity index (χ2n) is 6.23. The van der Waals surface area contributed by atoms with Crippen molar-refractivity contribution >= 4 is 29.1 Å². The molecule has 0 atom stereocenters. The van der Waals surface area contributed by atoms with Crippen LogP contribution in [0.4, 0.5) is 11.5 Å². The first-order valence-electron chi connectivity index (χ1n) is 8.92. The first kappa shape index (κ1) is 20.5. The van der Waals surface area contributed by atoms with E-state index in [1.54, 1.807) is 25.1 Å². The zero-order chi connectivity index (χ0) is 21.0. The highest BCUT2D eigenvalue weighted by atomic mass is 35.5. The molecule has 9 nitrogen and oxygen atoms in total. The number of carbonyl (C=O) groups excluding carboxylic acids is 1. The number of para-hydroxylation sites is 1. The Balaban J connectivity index is 2.02. The second-order valence-corrected chi connectivity index (χ2v) is 6.57. The highest BCUT2D eigenvalue weighted by molar-refractivity contribution is 6.28. The predicted molar refractivity (Wildman–Crippen MR) is 107 cm³/mol. The van der Waals surface area contributed by atoms with Gasteiger partial charge in [0.1, 0.15) is 11.4 Å². The van der Waals surface area contributed by atoms with Crippen LogP contribution in [-0.4, -0.2) is 39.9 Å². The van der Waals surface area contributed by atoms with Crippen molar-refractivity contribution in [3.05, 3.63) is 41.1 Å². The summed E-state index contributed by atoms with van der Waals surface area (Å²) >= 11 is 5.92. The van der Waals surface area contributed by atoms with E-state index in [0.29, 0.717) is 28.8 Å². The topological polar surface area (TPSA) is 112 Å². The van der Waals surface area contributed by atoms with E-state index in [0.717, 1.165) is 0 Å². The minimum Gasteiger partial charge on any atom is -0.494 e. The minimum atomic E-state index is -0.569. The second kappa shape index (κ2) is 8.87. The van der Waals surface area contributed by atoms with Crippen LogP contribution in [0.1, 0.15) is 42.9 Å². The molecule has 10 heteroatoms. The molecular formula is C19H20ClN5O4. The van der Waals surface area contributed by atoms with Gasteiger partial charge < -0.3 is 19.2 Å². The summed E-state index contributed by atoms with van der Waals surface area (Å²) in [5.74, 6) is 0.996. The van der Waals surface area contributed by atoms with E-state index in [1.807, 2.05) is 13.8 Å². The molecule has 0 aliphatic heterocycles. The molecule has 2 aromatic heterocycles. The Hall–Kier alpha value is -3.20. The summed E-state index contributed by atoms with van der Waals surface area (Å²) in [5.41, 5.74) is 1.26. The number of nitrogens with one attached hydrogen (secondary N) is 1. The number of methoxy groups -OCH3 is 1. The van der Waals surface area contributed by atoms with E-state index in [9.17, 15) is 4.79 Å². The average Bonchev–Trinajstić information content (AvgIpc) is 3.18. The molecule has 0 spiro atoms. The molecule has 29 heavy (non-hydrogen) atoms. The molecule has 1 N–H and O–H groups in total. The van der Waals surface area contributed by atoms with Crippen LogP contribution in [0.15, 0.2) is 28.8 Å². The van der Waals surface area contributed by atoms with Gasteiger partial charge in [-0.05, 0) is 30.7 Å². The Morgan fingerprint density at radius 2 is 2.10 bits per heavy atom. The number of anilines is 2. The van der Waals surface area contributed by atoms with Crippen molar-refractivity contribution in [3.63, 3.8) is 0 Å². The van der Waals surface area contributed by atoms with E-state index in [2.05, 4.69) is 25.5 Å². The minimum absolute atomic E-state index is 0.0193. The Morgan fingerprint density at radius 3 is 2.76 bits per heavy atom. The van der Waals surface area contributed by atoms with Gasteiger partial charge >= 0.3 is 5.97 Å². The molecule has 0 unspecified atom stereocenters. The molecule has 0 bridgehead atoms. The highest BCUT2D eigenvalue weighted by Crippen LogP contribution is 2.38. The molecule has 0 saturated heterocycles. The average molecular weight is 418 g/mol. The van der Waals surface area contributed by atoms with Crippen LogP contribution in [0.3, 0.4) is 0 Å². The van der Waals surface area contributed by atoms with Gasteiger partial charge in [-0.1, -0.05) is 19.9 Å². The molecule has 0 aliphatic rings. The maximum absolute atomic E-state index is 12.2. The Kier molecular flexibility index (Phi) is 6.28. The Labute approximate surface area is 172 Å². The number of aromatic nitrogens is 4. The molecular weight excluding hydrogens is 398 g/mol. The number of halogens is 1. The molecule has 152 valence electrons. The summed E-state index contributed by atoms with van der Waals surface area (Å²) in [7, 11) is 1.52. The van der Waals surface area contributed by atoms with Gasteiger partial charge in [0.05, 0.1) is 25.0 Å². The first-order chi connectivity index (χ1) is 13.9. The standard InChI is InChI=1S/C19H20ClN5O4/c1-5-28-18(26)12-9-21-19(20)23-15(12)22-13-8-6-7-11(14(13)27-4)17-25-24-16(29-17)10(2)3/h6-10H,5H2,1-4H3,(H,21,22,23). The maximum Gasteiger partial charge on any atom is 0.343 e. The number of hydrogen-bond acceptors (Lipinski definition) is 9. The van der Waals surface area contributed by atoms with Gasteiger partial charge in [-0.15, -0.1) is 10.2 Å². The predicted octanol–water partition coefficient (Wildman–Crippen LogP) is 4.23. The van der Waals surface area contributed by atoms with E-state index in [-0.39, 0.29) is 29.2 Å². The van der Waals surface area contributed by atoms with Crippen LogP contribution in [0.5, 0.6) is 5.75 Å². The zero-order valence-corrected chi connectivity index (χ0v) is 17.1. The smallest absolute Gasteiger partial charge is 0.343 e. The van der Waals surface area contributed by atoms with Crippen molar-refractivity contribution in [3.8, 4) is 17.2 Å². The fourth-order valence-corrected chi connectivity index (χ4v) is 2.68. The molecule has 0 aliphatic carbocycles. The number of ether oxygens (including phenoxy) is 2. The third-order valence-corrected chi connectivity index (χ3v) is 4.07. The molecule has 0 saturated carbocycles. The summed E-state index contributed by atoms with van der Waals surface area (Å²) < 4.78 is 16.4. The van der Waals surface area contributed by atoms with E-state index >= 15 is 0 Å². The molecule has 3 rings (SSSR count). The summed E-state index contributed by atoms with van der Waals surface area (Å²) in [6.45, 7) is 5.85. The zero-order valence-electron chi connectivity index (χ0n) is 16.4. The van der Waals surface area contributed by atoms with E-state index in [1.165, 1.54) is 13.3 Å². The van der Waals surface area contributed by atoms with Crippen molar-refractivity contribution in [2.75, 3.05) is 19.0 Å². The lowest BCUT2D eigenvalue weighted by Crippen LogP contribution is -2.10. The van der Waals surface area contributed by atoms with Crippen molar-refractivity contribution < 1.29 is 18.7 Å². The van der Waals surface area contributed by atoms with Gasteiger partial charge in [-0.3, -0.25) is 0 Å². The molecule has 0 radical (unpaired) electrons. The summed E-state index contributed by atoms with van der Waals surface area (Å²) in [5, 5.41) is 11.2. The van der Waals surface area contributed by atoms with Crippen LogP contribution < -0.4 is 10.1 Å². The number of carbonyl (C=O) groups is 1. The van der Waals surface area contributed by atoms with Crippen molar-refractivity contribution in [1.29, 1.82) is 0 Å². The van der Waals surface area contributed by atoms with Gasteiger partial charge in [-0.2, -0.15) is 4.98 Å². The monoisotopic (exact) mass is 417 g/mol. The van der Waals surface area contributed by atoms with Gasteiger partial charge in [0, 0.05) is 12.1 Å². The van der Waals surface area contributed by atoms with Crippen LogP contribution in [0.25, 0.3) is 11.5 Å². The summed E-state index contributed by atoms with van der Waals surface area (Å²) in [6.07, 6.45) is 1.30. The third kappa shape index (κ3) is 4.45. The molecule has 3 aromatic rings. The van der Waals surface area contributed by atoms with E-state index < -0.39 is 5.97 Å². The molecule has 0 fully saturated rings. The van der Waals surface area contributed by atoms with Gasteiger partial charge in [0.25, 0.3) is 5.89 Å². The fourth-order valence-electron chi connectivity index (χ4n) is 2.54.